The summed E-state index contributed by atoms with van der Waals surface area (Å²) in [5, 5.41) is 14.5. The van der Waals surface area contributed by atoms with Gasteiger partial charge >= 0.3 is 0 Å². The molecule has 0 aliphatic heterocycles. The summed E-state index contributed by atoms with van der Waals surface area (Å²) >= 11 is 1.54. The maximum absolute atomic E-state index is 11.8. The molecule has 1 atom stereocenters. The van der Waals surface area contributed by atoms with Crippen LogP contribution in [0.15, 0.2) is 29.6 Å². The Labute approximate surface area is 128 Å². The van der Waals surface area contributed by atoms with Crippen molar-refractivity contribution in [1.82, 2.24) is 10.3 Å². The van der Waals surface area contributed by atoms with E-state index in [1.54, 1.807) is 18.3 Å². The molecule has 0 aliphatic rings. The van der Waals surface area contributed by atoms with E-state index < -0.39 is 0 Å². The van der Waals surface area contributed by atoms with E-state index in [1.807, 2.05) is 5.38 Å². The molecule has 1 amide bonds. The predicted molar refractivity (Wildman–Crippen MR) is 85.3 cm³/mol. The average molecular weight is 304 g/mol. The van der Waals surface area contributed by atoms with Gasteiger partial charge in [-0.15, -0.1) is 11.3 Å². The van der Waals surface area contributed by atoms with Gasteiger partial charge < -0.3 is 10.4 Å². The number of rotatable bonds is 6. The van der Waals surface area contributed by atoms with Gasteiger partial charge in [0.2, 0.25) is 5.91 Å². The second-order valence-electron chi connectivity index (χ2n) is 5.02. The molecule has 112 valence electrons. The van der Waals surface area contributed by atoms with Gasteiger partial charge in [-0.3, -0.25) is 4.79 Å². The number of hydrogen-bond acceptors (Lipinski definition) is 4. The van der Waals surface area contributed by atoms with Gasteiger partial charge in [-0.05, 0) is 18.9 Å². The van der Waals surface area contributed by atoms with Gasteiger partial charge in [0.1, 0.15) is 5.01 Å². The van der Waals surface area contributed by atoms with Crippen molar-refractivity contribution < 1.29 is 9.90 Å². The van der Waals surface area contributed by atoms with Crippen molar-refractivity contribution in [1.29, 1.82) is 0 Å². The highest BCUT2D eigenvalue weighted by Gasteiger charge is 2.11. The van der Waals surface area contributed by atoms with Crippen LogP contribution in [0.5, 0.6) is 0 Å². The highest BCUT2D eigenvalue weighted by atomic mass is 32.1. The molecule has 0 aliphatic carbocycles. The monoisotopic (exact) mass is 304 g/mol. The number of nitrogens with zero attached hydrogens (tertiary/aromatic N) is 1. The Morgan fingerprint density at radius 1 is 1.38 bits per heavy atom. The first kappa shape index (κ1) is 15.7. The molecule has 21 heavy (non-hydrogen) atoms. The van der Waals surface area contributed by atoms with Crippen molar-refractivity contribution in [2.24, 2.45) is 0 Å². The van der Waals surface area contributed by atoms with E-state index in [9.17, 15) is 4.79 Å². The van der Waals surface area contributed by atoms with Crippen molar-refractivity contribution in [3.63, 3.8) is 0 Å². The summed E-state index contributed by atoms with van der Waals surface area (Å²) in [6.07, 6.45) is 1.26. The van der Waals surface area contributed by atoms with Crippen molar-refractivity contribution in [3.05, 3.63) is 40.9 Å². The van der Waals surface area contributed by atoms with Crippen LogP contribution in [0.25, 0.3) is 10.6 Å². The third kappa shape index (κ3) is 4.37. The zero-order valence-electron chi connectivity index (χ0n) is 12.3. The van der Waals surface area contributed by atoms with Crippen molar-refractivity contribution >= 4 is 17.2 Å². The smallest absolute Gasteiger partial charge is 0.226 e. The molecule has 4 nitrogen and oxygen atoms in total. The second-order valence-corrected chi connectivity index (χ2v) is 5.88. The van der Waals surface area contributed by atoms with Crippen LogP contribution >= 0.6 is 11.3 Å². The lowest BCUT2D eigenvalue weighted by atomic mass is 10.1. The van der Waals surface area contributed by atoms with Gasteiger partial charge in [-0.2, -0.15) is 0 Å². The molecule has 1 aromatic carbocycles. The molecule has 0 bridgehead atoms. The summed E-state index contributed by atoms with van der Waals surface area (Å²) in [6, 6.07) is 8.11. The predicted octanol–water partition coefficient (Wildman–Crippen LogP) is 2.41. The molecule has 0 saturated carbocycles. The molecule has 2 rings (SSSR count). The van der Waals surface area contributed by atoms with E-state index in [0.29, 0.717) is 0 Å². The SMILES string of the molecule is CCc1ccc(-c2nc(CC(=O)NC(C)CO)cs2)cc1. The first-order valence-electron chi connectivity index (χ1n) is 7.06. The van der Waals surface area contributed by atoms with E-state index in [-0.39, 0.29) is 25.0 Å². The number of carbonyl (C=O) groups excluding carboxylic acids is 1. The van der Waals surface area contributed by atoms with Crippen LogP contribution in [0.4, 0.5) is 0 Å². The number of amides is 1. The van der Waals surface area contributed by atoms with E-state index >= 15 is 0 Å². The lowest BCUT2D eigenvalue weighted by molar-refractivity contribution is -0.121. The number of benzene rings is 1. The summed E-state index contributed by atoms with van der Waals surface area (Å²) in [5.74, 6) is -0.116. The molecule has 5 heteroatoms. The summed E-state index contributed by atoms with van der Waals surface area (Å²) < 4.78 is 0. The Bertz CT molecular complexity index is 593. The largest absolute Gasteiger partial charge is 0.394 e. The first-order valence-corrected chi connectivity index (χ1v) is 7.94. The Hall–Kier alpha value is -1.72. The molecular formula is C16H20N2O2S. The van der Waals surface area contributed by atoms with Crippen molar-refractivity contribution in [2.45, 2.75) is 32.7 Å². The molecule has 0 spiro atoms. The Kier molecular flexibility index (Phi) is 5.47. The van der Waals surface area contributed by atoms with E-state index in [1.165, 1.54) is 5.56 Å². The minimum atomic E-state index is -0.225. The number of carbonyl (C=O) groups is 1. The summed E-state index contributed by atoms with van der Waals surface area (Å²) in [4.78, 5) is 16.3. The van der Waals surface area contributed by atoms with Gasteiger partial charge in [0, 0.05) is 17.0 Å². The average Bonchev–Trinajstić information content (AvgIpc) is 2.95. The van der Waals surface area contributed by atoms with E-state index in [2.05, 4.69) is 41.5 Å². The number of nitrogens with one attached hydrogen (secondary N) is 1. The van der Waals surface area contributed by atoms with Crippen LogP contribution in [0.2, 0.25) is 0 Å². The van der Waals surface area contributed by atoms with Crippen LogP contribution in [0.1, 0.15) is 25.1 Å². The van der Waals surface area contributed by atoms with Crippen LogP contribution in [-0.2, 0) is 17.6 Å². The third-order valence-corrected chi connectivity index (χ3v) is 4.12. The number of aliphatic hydroxyl groups is 1. The minimum Gasteiger partial charge on any atom is -0.394 e. The van der Waals surface area contributed by atoms with Gasteiger partial charge in [-0.1, -0.05) is 31.2 Å². The van der Waals surface area contributed by atoms with Crippen molar-refractivity contribution in [3.8, 4) is 10.6 Å². The fourth-order valence-electron chi connectivity index (χ4n) is 1.94. The Morgan fingerprint density at radius 2 is 2.10 bits per heavy atom. The number of aryl methyl sites for hydroxylation is 1. The molecule has 2 aromatic rings. The Balaban J connectivity index is 2.02. The van der Waals surface area contributed by atoms with Crippen LogP contribution in [-0.4, -0.2) is 28.6 Å². The molecule has 0 radical (unpaired) electrons. The molecule has 0 saturated heterocycles. The number of aliphatic hydroxyl groups excluding tert-OH is 1. The van der Waals surface area contributed by atoms with Gasteiger partial charge in [0.05, 0.1) is 18.7 Å². The second kappa shape index (κ2) is 7.33. The molecular weight excluding hydrogens is 284 g/mol. The zero-order valence-corrected chi connectivity index (χ0v) is 13.1. The molecule has 1 aromatic heterocycles. The minimum absolute atomic E-state index is 0.0577. The Morgan fingerprint density at radius 3 is 2.71 bits per heavy atom. The van der Waals surface area contributed by atoms with Crippen LogP contribution in [0, 0.1) is 0 Å². The van der Waals surface area contributed by atoms with Crippen LogP contribution in [0.3, 0.4) is 0 Å². The highest BCUT2D eigenvalue weighted by molar-refractivity contribution is 7.13. The topological polar surface area (TPSA) is 62.2 Å². The number of thiazole rings is 1. The van der Waals surface area contributed by atoms with E-state index in [0.717, 1.165) is 22.7 Å². The molecule has 0 fully saturated rings. The molecule has 2 N–H and O–H groups in total. The first-order chi connectivity index (χ1) is 10.1. The number of aromatic nitrogens is 1. The maximum Gasteiger partial charge on any atom is 0.226 e. The maximum atomic E-state index is 11.8. The lowest BCUT2D eigenvalue weighted by Gasteiger charge is -2.09. The third-order valence-electron chi connectivity index (χ3n) is 3.18. The molecule has 1 unspecified atom stereocenters. The zero-order chi connectivity index (χ0) is 15.2. The molecule has 1 heterocycles. The number of hydrogen-bond donors (Lipinski definition) is 2. The van der Waals surface area contributed by atoms with Gasteiger partial charge in [0.25, 0.3) is 0 Å². The fraction of sp³-hybridized carbons (Fsp3) is 0.375. The highest BCUT2D eigenvalue weighted by Crippen LogP contribution is 2.24. The van der Waals surface area contributed by atoms with Gasteiger partial charge in [-0.25, -0.2) is 4.98 Å². The standard InChI is InChI=1S/C16H20N2O2S/c1-3-12-4-6-13(7-5-12)16-18-14(10-21-16)8-15(20)17-11(2)9-19/h4-7,10-11,19H,3,8-9H2,1-2H3,(H,17,20). The fourth-order valence-corrected chi connectivity index (χ4v) is 2.77. The van der Waals surface area contributed by atoms with E-state index in [4.69, 9.17) is 5.11 Å². The van der Waals surface area contributed by atoms with Crippen molar-refractivity contribution in [2.75, 3.05) is 6.61 Å². The van der Waals surface area contributed by atoms with Gasteiger partial charge in [0.15, 0.2) is 0 Å². The summed E-state index contributed by atoms with van der Waals surface area (Å²) in [7, 11) is 0. The summed E-state index contributed by atoms with van der Waals surface area (Å²) in [5.41, 5.74) is 3.14. The van der Waals surface area contributed by atoms with Crippen LogP contribution < -0.4 is 5.32 Å². The normalized spacial score (nSPS) is 12.1. The lowest BCUT2D eigenvalue weighted by Crippen LogP contribution is -2.36. The summed E-state index contributed by atoms with van der Waals surface area (Å²) in [6.45, 7) is 3.83. The quantitative estimate of drug-likeness (QED) is 0.861.